The largest absolute Gasteiger partial charge is 0.497 e. The Balaban J connectivity index is 1.80. The number of benzene rings is 1. The molecule has 0 radical (unpaired) electrons. The molecule has 8 nitrogen and oxygen atoms in total. The molecule has 5 rings (SSSR count). The van der Waals surface area contributed by atoms with Crippen molar-refractivity contribution in [1.82, 2.24) is 19.2 Å². The molecule has 3 aromatic heterocycles. The maximum absolute atomic E-state index is 13.7. The Hall–Kier alpha value is -2.85. The zero-order chi connectivity index (χ0) is 21.5. The van der Waals surface area contributed by atoms with Crippen LogP contribution in [0.1, 0.15) is 23.3 Å². The topological polar surface area (TPSA) is 87.7 Å². The molecular weight excluding hydrogens is 436 g/mol. The smallest absolute Gasteiger partial charge is 0.316 e. The SMILES string of the molecule is COC(=O)CSc1nnc2n(-c3ccc(OC)cc3)c(=O)c3c4c(sc3n12)CCCC4. The van der Waals surface area contributed by atoms with Gasteiger partial charge in [-0.3, -0.25) is 9.59 Å². The lowest BCUT2D eigenvalue weighted by molar-refractivity contribution is -0.137. The molecular formula is C21H20N4O4S2. The van der Waals surface area contributed by atoms with Gasteiger partial charge in [0.25, 0.3) is 5.56 Å². The fourth-order valence-corrected chi connectivity index (χ4v) is 6.16. The van der Waals surface area contributed by atoms with Gasteiger partial charge in [0.2, 0.25) is 5.78 Å². The van der Waals surface area contributed by atoms with Crippen LogP contribution in [0, 0.1) is 0 Å². The van der Waals surface area contributed by atoms with Crippen LogP contribution in [0.3, 0.4) is 0 Å². The van der Waals surface area contributed by atoms with Crippen LogP contribution in [-0.2, 0) is 22.4 Å². The lowest BCUT2D eigenvalue weighted by Gasteiger charge is -2.12. The van der Waals surface area contributed by atoms with E-state index < -0.39 is 0 Å². The third-order valence-electron chi connectivity index (χ3n) is 5.47. The average molecular weight is 457 g/mol. The number of aryl methyl sites for hydroxylation is 2. The van der Waals surface area contributed by atoms with Crippen molar-refractivity contribution in [3.8, 4) is 11.4 Å². The number of rotatable bonds is 5. The molecule has 0 amide bonds. The summed E-state index contributed by atoms with van der Waals surface area (Å²) in [5.41, 5.74) is 1.73. The average Bonchev–Trinajstić information content (AvgIpc) is 3.39. The first-order valence-corrected chi connectivity index (χ1v) is 11.7. The first-order chi connectivity index (χ1) is 15.1. The Morgan fingerprint density at radius 3 is 2.68 bits per heavy atom. The number of esters is 1. The van der Waals surface area contributed by atoms with E-state index in [9.17, 15) is 9.59 Å². The molecule has 0 atom stereocenters. The summed E-state index contributed by atoms with van der Waals surface area (Å²) in [6.45, 7) is 0. The van der Waals surface area contributed by atoms with Gasteiger partial charge in [-0.1, -0.05) is 11.8 Å². The van der Waals surface area contributed by atoms with Crippen LogP contribution in [0.2, 0.25) is 0 Å². The Bertz CT molecular complexity index is 1350. The number of thioether (sulfide) groups is 1. The van der Waals surface area contributed by atoms with Crippen molar-refractivity contribution in [2.24, 2.45) is 0 Å². The van der Waals surface area contributed by atoms with E-state index in [-0.39, 0.29) is 17.3 Å². The van der Waals surface area contributed by atoms with E-state index in [0.717, 1.165) is 41.5 Å². The predicted octanol–water partition coefficient (Wildman–Crippen LogP) is 3.25. The first-order valence-electron chi connectivity index (χ1n) is 9.90. The molecule has 0 saturated heterocycles. The van der Waals surface area contributed by atoms with Gasteiger partial charge in [0.05, 0.1) is 31.0 Å². The van der Waals surface area contributed by atoms with Crippen molar-refractivity contribution in [2.45, 2.75) is 30.8 Å². The summed E-state index contributed by atoms with van der Waals surface area (Å²) in [4.78, 5) is 27.5. The van der Waals surface area contributed by atoms with Crippen LogP contribution in [0.4, 0.5) is 0 Å². The highest BCUT2D eigenvalue weighted by atomic mass is 32.2. The van der Waals surface area contributed by atoms with Crippen LogP contribution in [0.5, 0.6) is 5.75 Å². The first kappa shape index (κ1) is 20.1. The lowest BCUT2D eigenvalue weighted by atomic mass is 9.97. The number of carbonyl (C=O) groups is 1. The zero-order valence-corrected chi connectivity index (χ0v) is 18.7. The van der Waals surface area contributed by atoms with Crippen molar-refractivity contribution in [2.75, 3.05) is 20.0 Å². The minimum absolute atomic E-state index is 0.0935. The van der Waals surface area contributed by atoms with Gasteiger partial charge in [0.1, 0.15) is 10.6 Å². The van der Waals surface area contributed by atoms with Crippen LogP contribution in [0.15, 0.2) is 34.2 Å². The highest BCUT2D eigenvalue weighted by Crippen LogP contribution is 2.36. The third-order valence-corrected chi connectivity index (χ3v) is 7.65. The highest BCUT2D eigenvalue weighted by Gasteiger charge is 2.25. The van der Waals surface area contributed by atoms with Gasteiger partial charge in [0, 0.05) is 4.88 Å². The zero-order valence-electron chi connectivity index (χ0n) is 17.1. The molecule has 1 aliphatic rings. The van der Waals surface area contributed by atoms with E-state index in [1.54, 1.807) is 23.0 Å². The van der Waals surface area contributed by atoms with Crippen LogP contribution < -0.4 is 10.3 Å². The molecule has 0 fully saturated rings. The number of hydrogen-bond acceptors (Lipinski definition) is 8. The fraction of sp³-hybridized carbons (Fsp3) is 0.333. The summed E-state index contributed by atoms with van der Waals surface area (Å²) in [6, 6.07) is 7.30. The summed E-state index contributed by atoms with van der Waals surface area (Å²) in [5.74, 6) is 0.907. The number of hydrogen-bond donors (Lipinski definition) is 0. The van der Waals surface area contributed by atoms with E-state index in [4.69, 9.17) is 9.47 Å². The van der Waals surface area contributed by atoms with Gasteiger partial charge in [-0.25, -0.2) is 8.97 Å². The normalized spacial score (nSPS) is 13.5. The minimum Gasteiger partial charge on any atom is -0.497 e. The second kappa shape index (κ2) is 8.01. The number of nitrogens with zero attached hydrogens (tertiary/aromatic N) is 4. The van der Waals surface area contributed by atoms with Gasteiger partial charge in [-0.2, -0.15) is 0 Å². The van der Waals surface area contributed by atoms with Gasteiger partial charge >= 0.3 is 5.97 Å². The molecule has 1 aromatic carbocycles. The van der Waals surface area contributed by atoms with E-state index in [1.165, 1.54) is 23.7 Å². The molecule has 0 spiro atoms. The van der Waals surface area contributed by atoms with Gasteiger partial charge < -0.3 is 9.47 Å². The Morgan fingerprint density at radius 2 is 1.94 bits per heavy atom. The van der Waals surface area contributed by atoms with E-state index in [1.807, 2.05) is 28.7 Å². The van der Waals surface area contributed by atoms with Crippen LogP contribution in [-0.4, -0.2) is 45.1 Å². The maximum atomic E-state index is 13.7. The number of fused-ring (bicyclic) bond motifs is 5. The van der Waals surface area contributed by atoms with Crippen molar-refractivity contribution >= 4 is 45.1 Å². The molecule has 0 N–H and O–H groups in total. The quantitative estimate of drug-likeness (QED) is 0.336. The second-order valence-corrected chi connectivity index (χ2v) is 9.24. The van der Waals surface area contributed by atoms with Gasteiger partial charge in [0.15, 0.2) is 5.16 Å². The predicted molar refractivity (Wildman–Crippen MR) is 120 cm³/mol. The molecule has 3 heterocycles. The Labute approximate surface area is 185 Å². The summed E-state index contributed by atoms with van der Waals surface area (Å²) in [5, 5.41) is 9.93. The van der Waals surface area contributed by atoms with E-state index >= 15 is 0 Å². The molecule has 1 aliphatic carbocycles. The molecule has 10 heteroatoms. The van der Waals surface area contributed by atoms with Crippen molar-refractivity contribution in [1.29, 1.82) is 0 Å². The summed E-state index contributed by atoms with van der Waals surface area (Å²) in [7, 11) is 2.96. The lowest BCUT2D eigenvalue weighted by Crippen LogP contribution is -2.22. The van der Waals surface area contributed by atoms with Gasteiger partial charge in [-0.15, -0.1) is 21.5 Å². The molecule has 160 valence electrons. The molecule has 0 bridgehead atoms. The van der Waals surface area contributed by atoms with Crippen molar-refractivity contribution in [3.05, 3.63) is 45.1 Å². The number of carbonyl (C=O) groups excluding carboxylic acids is 1. The third kappa shape index (κ3) is 3.30. The van der Waals surface area contributed by atoms with Crippen LogP contribution >= 0.6 is 23.1 Å². The number of aromatic nitrogens is 4. The van der Waals surface area contributed by atoms with Gasteiger partial charge in [-0.05, 0) is 55.5 Å². The van der Waals surface area contributed by atoms with Crippen molar-refractivity contribution < 1.29 is 14.3 Å². The number of ether oxygens (including phenoxy) is 2. The molecule has 0 saturated carbocycles. The standard InChI is InChI=1S/C21H20N4O4S2/c1-28-13-9-7-12(8-10-13)24-18(27)17-14-5-3-4-6-15(14)31-19(17)25-20(24)22-23-21(25)30-11-16(26)29-2/h7-10H,3-6,11H2,1-2H3. The Morgan fingerprint density at radius 1 is 1.16 bits per heavy atom. The van der Waals surface area contributed by atoms with E-state index in [2.05, 4.69) is 10.2 Å². The van der Waals surface area contributed by atoms with Crippen LogP contribution in [0.25, 0.3) is 21.7 Å². The fourth-order valence-electron chi connectivity index (χ4n) is 3.96. The minimum atomic E-state index is -0.341. The monoisotopic (exact) mass is 456 g/mol. The highest BCUT2D eigenvalue weighted by molar-refractivity contribution is 7.99. The molecule has 31 heavy (non-hydrogen) atoms. The molecule has 0 aliphatic heterocycles. The maximum Gasteiger partial charge on any atom is 0.316 e. The molecule has 4 aromatic rings. The number of thiophene rings is 1. The summed E-state index contributed by atoms with van der Waals surface area (Å²) in [6.07, 6.45) is 4.07. The van der Waals surface area contributed by atoms with E-state index in [0.29, 0.717) is 22.4 Å². The second-order valence-electron chi connectivity index (χ2n) is 7.21. The summed E-state index contributed by atoms with van der Waals surface area (Å²) >= 11 is 2.88. The number of methoxy groups -OCH3 is 2. The van der Waals surface area contributed by atoms with Crippen molar-refractivity contribution in [3.63, 3.8) is 0 Å². The Kier molecular flexibility index (Phi) is 5.19. The molecule has 0 unspecified atom stereocenters. The summed E-state index contributed by atoms with van der Waals surface area (Å²) < 4.78 is 13.5.